The number of aliphatic imine (C=N–C) groups is 1. The minimum atomic E-state index is 0.773. The van der Waals surface area contributed by atoms with Crippen LogP contribution in [0.4, 0.5) is 0 Å². The summed E-state index contributed by atoms with van der Waals surface area (Å²) in [5, 5.41) is 6.57. The Hall–Kier alpha value is -1.07. The van der Waals surface area contributed by atoms with E-state index in [0.717, 1.165) is 38.5 Å². The molecule has 0 bridgehead atoms. The van der Waals surface area contributed by atoms with Crippen molar-refractivity contribution < 1.29 is 4.74 Å². The quantitative estimate of drug-likeness (QED) is 0.452. The van der Waals surface area contributed by atoms with Crippen LogP contribution in [0.2, 0.25) is 0 Å². The van der Waals surface area contributed by atoms with E-state index in [1.165, 1.54) is 9.75 Å². The zero-order chi connectivity index (χ0) is 13.2. The Kier molecular flexibility index (Phi) is 7.44. The maximum absolute atomic E-state index is 5.00. The molecule has 0 aliphatic carbocycles. The van der Waals surface area contributed by atoms with Gasteiger partial charge in [0.25, 0.3) is 0 Å². The molecule has 0 aliphatic rings. The fourth-order valence-electron chi connectivity index (χ4n) is 1.52. The molecule has 1 aromatic rings. The van der Waals surface area contributed by atoms with Gasteiger partial charge in [-0.3, -0.25) is 4.99 Å². The fourth-order valence-corrected chi connectivity index (χ4v) is 2.42. The van der Waals surface area contributed by atoms with Crippen molar-refractivity contribution >= 4 is 17.3 Å². The first kappa shape index (κ1) is 15.0. The number of hydrogen-bond donors (Lipinski definition) is 2. The summed E-state index contributed by atoms with van der Waals surface area (Å²) in [5.74, 6) is 0.845. The number of nitrogens with zero attached hydrogens (tertiary/aromatic N) is 1. The molecule has 18 heavy (non-hydrogen) atoms. The first-order valence-electron chi connectivity index (χ1n) is 6.31. The van der Waals surface area contributed by atoms with Gasteiger partial charge >= 0.3 is 0 Å². The molecule has 0 atom stereocenters. The van der Waals surface area contributed by atoms with E-state index in [4.69, 9.17) is 4.74 Å². The SMILES string of the molecule is CCc1ccc(CNC(=NC)NCCCOC)s1. The van der Waals surface area contributed by atoms with E-state index >= 15 is 0 Å². The normalized spacial score (nSPS) is 11.6. The molecule has 1 heterocycles. The second-order valence-electron chi connectivity index (χ2n) is 3.92. The zero-order valence-electron chi connectivity index (χ0n) is 11.5. The largest absolute Gasteiger partial charge is 0.385 e. The Balaban J connectivity index is 2.26. The Morgan fingerprint density at radius 2 is 2.11 bits per heavy atom. The van der Waals surface area contributed by atoms with E-state index in [9.17, 15) is 0 Å². The molecule has 0 spiro atoms. The number of hydrogen-bond acceptors (Lipinski definition) is 3. The lowest BCUT2D eigenvalue weighted by molar-refractivity contribution is 0.195. The number of thiophene rings is 1. The van der Waals surface area contributed by atoms with Crippen molar-refractivity contribution in [3.63, 3.8) is 0 Å². The molecule has 0 aliphatic heterocycles. The zero-order valence-corrected chi connectivity index (χ0v) is 12.3. The topological polar surface area (TPSA) is 45.7 Å². The highest BCUT2D eigenvalue weighted by atomic mass is 32.1. The molecule has 0 radical (unpaired) electrons. The maximum atomic E-state index is 5.00. The van der Waals surface area contributed by atoms with Gasteiger partial charge in [0.2, 0.25) is 0 Å². The average Bonchev–Trinajstić information content (AvgIpc) is 2.86. The molecule has 0 saturated carbocycles. The summed E-state index contributed by atoms with van der Waals surface area (Å²) in [7, 11) is 3.51. The Morgan fingerprint density at radius 3 is 2.72 bits per heavy atom. The van der Waals surface area contributed by atoms with Gasteiger partial charge in [0.15, 0.2) is 5.96 Å². The molecule has 4 nitrogen and oxygen atoms in total. The highest BCUT2D eigenvalue weighted by Crippen LogP contribution is 2.16. The Bertz CT molecular complexity index is 363. The molecular formula is C13H23N3OS. The van der Waals surface area contributed by atoms with Crippen LogP contribution in [0.25, 0.3) is 0 Å². The van der Waals surface area contributed by atoms with Crippen molar-refractivity contribution in [3.8, 4) is 0 Å². The number of aryl methyl sites for hydroxylation is 1. The number of nitrogens with one attached hydrogen (secondary N) is 2. The van der Waals surface area contributed by atoms with Crippen LogP contribution in [0.3, 0.4) is 0 Å². The second kappa shape index (κ2) is 8.94. The second-order valence-corrected chi connectivity index (χ2v) is 5.17. The summed E-state index contributed by atoms with van der Waals surface area (Å²) in [6, 6.07) is 4.37. The maximum Gasteiger partial charge on any atom is 0.191 e. The summed E-state index contributed by atoms with van der Waals surface area (Å²) in [4.78, 5) is 6.95. The van der Waals surface area contributed by atoms with Crippen LogP contribution in [-0.4, -0.2) is 33.3 Å². The van der Waals surface area contributed by atoms with Crippen LogP contribution in [-0.2, 0) is 17.7 Å². The van der Waals surface area contributed by atoms with E-state index in [0.29, 0.717) is 0 Å². The van der Waals surface area contributed by atoms with Gasteiger partial charge in [-0.25, -0.2) is 0 Å². The summed E-state index contributed by atoms with van der Waals surface area (Å²) in [6.45, 7) is 4.65. The van der Waals surface area contributed by atoms with Crippen LogP contribution in [0.15, 0.2) is 17.1 Å². The van der Waals surface area contributed by atoms with Gasteiger partial charge in [-0.1, -0.05) is 6.92 Å². The lowest BCUT2D eigenvalue weighted by Crippen LogP contribution is -2.37. The van der Waals surface area contributed by atoms with Gasteiger partial charge in [-0.05, 0) is 25.0 Å². The number of rotatable bonds is 7. The van der Waals surface area contributed by atoms with Crippen LogP contribution >= 0.6 is 11.3 Å². The molecule has 1 rings (SSSR count). The average molecular weight is 269 g/mol. The van der Waals surface area contributed by atoms with Crippen LogP contribution in [0.5, 0.6) is 0 Å². The number of ether oxygens (including phenoxy) is 1. The van der Waals surface area contributed by atoms with E-state index in [1.807, 2.05) is 11.3 Å². The lowest BCUT2D eigenvalue weighted by atomic mass is 10.3. The van der Waals surface area contributed by atoms with E-state index in [-0.39, 0.29) is 0 Å². The molecule has 0 saturated heterocycles. The smallest absolute Gasteiger partial charge is 0.191 e. The predicted molar refractivity (Wildman–Crippen MR) is 78.4 cm³/mol. The monoisotopic (exact) mass is 269 g/mol. The number of methoxy groups -OCH3 is 1. The van der Waals surface area contributed by atoms with Gasteiger partial charge < -0.3 is 15.4 Å². The molecular weight excluding hydrogens is 246 g/mol. The van der Waals surface area contributed by atoms with Crippen LogP contribution in [0, 0.1) is 0 Å². The van der Waals surface area contributed by atoms with Crippen molar-refractivity contribution in [2.75, 3.05) is 27.3 Å². The molecule has 102 valence electrons. The van der Waals surface area contributed by atoms with Gasteiger partial charge in [-0.2, -0.15) is 0 Å². The molecule has 2 N–H and O–H groups in total. The first-order valence-corrected chi connectivity index (χ1v) is 7.12. The first-order chi connectivity index (χ1) is 8.80. The standard InChI is InChI=1S/C13H23N3OS/c1-4-11-6-7-12(18-11)10-16-13(14-2)15-8-5-9-17-3/h6-7H,4-5,8-10H2,1-3H3,(H2,14,15,16). The van der Waals surface area contributed by atoms with Crippen LogP contribution in [0.1, 0.15) is 23.1 Å². The molecule has 5 heteroatoms. The summed E-state index contributed by atoms with van der Waals surface area (Å²) in [6.07, 6.45) is 2.09. The third-order valence-corrected chi connectivity index (χ3v) is 3.77. The molecule has 0 fully saturated rings. The minimum Gasteiger partial charge on any atom is -0.385 e. The van der Waals surface area contributed by atoms with Crippen molar-refractivity contribution in [1.29, 1.82) is 0 Å². The van der Waals surface area contributed by atoms with Crippen molar-refractivity contribution in [2.45, 2.75) is 26.3 Å². The van der Waals surface area contributed by atoms with Gasteiger partial charge in [0.1, 0.15) is 0 Å². The number of guanidine groups is 1. The van der Waals surface area contributed by atoms with Gasteiger partial charge in [-0.15, -0.1) is 11.3 Å². The minimum absolute atomic E-state index is 0.773. The van der Waals surface area contributed by atoms with Crippen LogP contribution < -0.4 is 10.6 Å². The van der Waals surface area contributed by atoms with Gasteiger partial charge in [0.05, 0.1) is 6.54 Å². The summed E-state index contributed by atoms with van der Waals surface area (Å²) >= 11 is 1.85. The van der Waals surface area contributed by atoms with Gasteiger partial charge in [0, 0.05) is 37.1 Å². The Labute approximate surface area is 113 Å². The van der Waals surface area contributed by atoms with E-state index in [1.54, 1.807) is 14.2 Å². The highest BCUT2D eigenvalue weighted by Gasteiger charge is 2.00. The van der Waals surface area contributed by atoms with Crippen molar-refractivity contribution in [3.05, 3.63) is 21.9 Å². The predicted octanol–water partition coefficient (Wildman–Crippen LogP) is 2.01. The van der Waals surface area contributed by atoms with E-state index < -0.39 is 0 Å². The molecule has 0 amide bonds. The third kappa shape index (κ3) is 5.51. The summed E-state index contributed by atoms with van der Waals surface area (Å²) < 4.78 is 5.00. The van der Waals surface area contributed by atoms with Crippen molar-refractivity contribution in [2.24, 2.45) is 4.99 Å². The molecule has 0 unspecified atom stereocenters. The third-order valence-electron chi connectivity index (χ3n) is 2.54. The lowest BCUT2D eigenvalue weighted by Gasteiger charge is -2.10. The summed E-state index contributed by atoms with van der Waals surface area (Å²) in [5.41, 5.74) is 0. The molecule has 0 aromatic carbocycles. The van der Waals surface area contributed by atoms with E-state index in [2.05, 4.69) is 34.7 Å². The highest BCUT2D eigenvalue weighted by molar-refractivity contribution is 7.11. The Morgan fingerprint density at radius 1 is 1.33 bits per heavy atom. The fraction of sp³-hybridized carbons (Fsp3) is 0.615. The molecule has 1 aromatic heterocycles. The van der Waals surface area contributed by atoms with Crippen molar-refractivity contribution in [1.82, 2.24) is 10.6 Å².